The Bertz CT molecular complexity index is 678. The Labute approximate surface area is 151 Å². The maximum Gasteiger partial charge on any atom is 0.305 e. The van der Waals surface area contributed by atoms with Gasteiger partial charge in [0.2, 0.25) is 15.9 Å². The molecule has 1 atom stereocenters. The van der Waals surface area contributed by atoms with Crippen molar-refractivity contribution in [3.63, 3.8) is 0 Å². The smallest absolute Gasteiger partial charge is 0.305 e. The fraction of sp³-hybridized carbons (Fsp3) is 0.467. The van der Waals surface area contributed by atoms with Crippen molar-refractivity contribution in [2.24, 2.45) is 0 Å². The van der Waals surface area contributed by atoms with Crippen LogP contribution in [0.2, 0.25) is 5.02 Å². The van der Waals surface area contributed by atoms with Crippen LogP contribution in [0, 0.1) is 0 Å². The second-order valence-electron chi connectivity index (χ2n) is 5.13. The van der Waals surface area contributed by atoms with E-state index in [0.717, 1.165) is 0 Å². The molecule has 1 rings (SSSR count). The lowest BCUT2D eigenvalue weighted by molar-refractivity contribution is -0.140. The summed E-state index contributed by atoms with van der Waals surface area (Å²) in [4.78, 5) is 22.9. The van der Waals surface area contributed by atoms with Crippen LogP contribution < -0.4 is 10.0 Å². The number of hydrogen-bond acceptors (Lipinski definition) is 6. The summed E-state index contributed by atoms with van der Waals surface area (Å²) in [5.74, 6) is -0.992. The Kier molecular flexibility index (Phi) is 8.84. The molecule has 0 radical (unpaired) electrons. The number of ether oxygens (including phenoxy) is 1. The number of carbonyl (C=O) groups is 2. The highest BCUT2D eigenvalue weighted by Gasteiger charge is 2.24. The van der Waals surface area contributed by atoms with Gasteiger partial charge in [0.15, 0.2) is 0 Å². The Morgan fingerprint density at radius 3 is 2.44 bits per heavy atom. The molecule has 0 saturated heterocycles. The summed E-state index contributed by atoms with van der Waals surface area (Å²) in [6.07, 6.45) is 1.27. The first-order chi connectivity index (χ1) is 11.8. The van der Waals surface area contributed by atoms with Crippen LogP contribution in [0.5, 0.6) is 0 Å². The Hall–Kier alpha value is -1.68. The number of methoxy groups -OCH3 is 1. The van der Waals surface area contributed by atoms with Gasteiger partial charge < -0.3 is 15.2 Å². The normalized spacial score (nSPS) is 12.4. The lowest BCUT2D eigenvalue weighted by Gasteiger charge is -2.16. The molecular formula is C15H21ClN2O6S. The molecule has 0 saturated carbocycles. The van der Waals surface area contributed by atoms with Gasteiger partial charge >= 0.3 is 5.97 Å². The number of aliphatic hydroxyl groups is 1. The minimum absolute atomic E-state index is 0.0683. The third kappa shape index (κ3) is 7.39. The van der Waals surface area contributed by atoms with Crippen LogP contribution in [0.25, 0.3) is 0 Å². The van der Waals surface area contributed by atoms with Crippen LogP contribution >= 0.6 is 11.6 Å². The highest BCUT2D eigenvalue weighted by Crippen LogP contribution is 2.14. The number of amides is 1. The lowest BCUT2D eigenvalue weighted by atomic mass is 10.2. The monoisotopic (exact) mass is 392 g/mol. The van der Waals surface area contributed by atoms with E-state index in [1.807, 2.05) is 0 Å². The van der Waals surface area contributed by atoms with E-state index in [9.17, 15) is 23.1 Å². The van der Waals surface area contributed by atoms with Crippen LogP contribution in [-0.2, 0) is 24.3 Å². The standard InChI is InChI=1S/C15H21ClN2O6S/c1-24-14(20)4-2-3-9-17-15(21)13(10-19)18-25(22,23)12-7-5-11(16)6-8-12/h5-8,13,18-19H,2-4,9-10H2,1H3,(H,17,21)/t13-/m0/s1. The number of halogens is 1. The molecule has 0 aliphatic rings. The molecule has 8 nitrogen and oxygen atoms in total. The zero-order valence-electron chi connectivity index (χ0n) is 13.7. The van der Waals surface area contributed by atoms with E-state index in [-0.39, 0.29) is 23.8 Å². The van der Waals surface area contributed by atoms with Crippen LogP contribution in [-0.4, -0.2) is 51.7 Å². The number of carbonyl (C=O) groups excluding carboxylic acids is 2. The lowest BCUT2D eigenvalue weighted by Crippen LogP contribution is -2.49. The minimum atomic E-state index is -3.97. The van der Waals surface area contributed by atoms with Gasteiger partial charge in [0.05, 0.1) is 18.6 Å². The minimum Gasteiger partial charge on any atom is -0.469 e. The van der Waals surface area contributed by atoms with Crippen LogP contribution in [0.1, 0.15) is 19.3 Å². The second kappa shape index (κ2) is 10.3. The SMILES string of the molecule is COC(=O)CCCCNC(=O)[C@H](CO)NS(=O)(=O)c1ccc(Cl)cc1. The molecule has 0 spiro atoms. The Balaban J connectivity index is 2.53. The number of esters is 1. The van der Waals surface area contributed by atoms with Gasteiger partial charge in [-0.3, -0.25) is 9.59 Å². The zero-order chi connectivity index (χ0) is 18.9. The van der Waals surface area contributed by atoms with Gasteiger partial charge in [0.1, 0.15) is 6.04 Å². The molecule has 0 unspecified atom stereocenters. The summed E-state index contributed by atoms with van der Waals surface area (Å²) in [6, 6.07) is 4.09. The van der Waals surface area contributed by atoms with Crippen LogP contribution in [0.3, 0.4) is 0 Å². The van der Waals surface area contributed by atoms with E-state index in [0.29, 0.717) is 17.9 Å². The molecule has 10 heteroatoms. The molecule has 1 aromatic rings. The summed E-state index contributed by atoms with van der Waals surface area (Å²) in [6.45, 7) is -0.449. The quantitative estimate of drug-likeness (QED) is 0.392. The molecule has 0 fully saturated rings. The van der Waals surface area contributed by atoms with Crippen molar-refractivity contribution < 1.29 is 27.9 Å². The van der Waals surface area contributed by atoms with Crippen molar-refractivity contribution in [1.82, 2.24) is 10.0 Å². The van der Waals surface area contributed by atoms with E-state index in [2.05, 4.69) is 14.8 Å². The molecule has 25 heavy (non-hydrogen) atoms. The highest BCUT2D eigenvalue weighted by atomic mass is 35.5. The van der Waals surface area contributed by atoms with Crippen molar-refractivity contribution in [2.45, 2.75) is 30.2 Å². The topological polar surface area (TPSA) is 122 Å². The van der Waals surface area contributed by atoms with Crippen molar-refractivity contribution in [2.75, 3.05) is 20.3 Å². The molecule has 1 aromatic carbocycles. The third-order valence-electron chi connectivity index (χ3n) is 3.25. The predicted molar refractivity (Wildman–Crippen MR) is 91.5 cm³/mol. The van der Waals surface area contributed by atoms with Crippen molar-refractivity contribution in [3.8, 4) is 0 Å². The van der Waals surface area contributed by atoms with Crippen molar-refractivity contribution in [1.29, 1.82) is 0 Å². The number of hydrogen-bond donors (Lipinski definition) is 3. The number of unbranched alkanes of at least 4 members (excludes halogenated alkanes) is 1. The van der Waals surface area contributed by atoms with Crippen LogP contribution in [0.15, 0.2) is 29.2 Å². The average molecular weight is 393 g/mol. The summed E-state index contributed by atoms with van der Waals surface area (Å²) in [7, 11) is -2.68. The summed E-state index contributed by atoms with van der Waals surface area (Å²) in [5.41, 5.74) is 0. The predicted octanol–water partition coefficient (Wildman–Crippen LogP) is 0.439. The van der Waals surface area contributed by atoms with Gasteiger partial charge in [0.25, 0.3) is 0 Å². The fourth-order valence-corrected chi connectivity index (χ4v) is 3.19. The molecule has 0 aliphatic heterocycles. The highest BCUT2D eigenvalue weighted by molar-refractivity contribution is 7.89. The van der Waals surface area contributed by atoms with E-state index in [1.165, 1.54) is 31.4 Å². The first-order valence-corrected chi connectivity index (χ1v) is 9.39. The molecule has 140 valence electrons. The van der Waals surface area contributed by atoms with Gasteiger partial charge in [0, 0.05) is 18.0 Å². The second-order valence-corrected chi connectivity index (χ2v) is 7.29. The third-order valence-corrected chi connectivity index (χ3v) is 4.99. The molecule has 1 amide bonds. The Morgan fingerprint density at radius 1 is 1.24 bits per heavy atom. The molecular weight excluding hydrogens is 372 g/mol. The van der Waals surface area contributed by atoms with Gasteiger partial charge in [-0.2, -0.15) is 4.72 Å². The van der Waals surface area contributed by atoms with E-state index in [4.69, 9.17) is 11.6 Å². The number of nitrogens with one attached hydrogen (secondary N) is 2. The Morgan fingerprint density at radius 2 is 1.88 bits per heavy atom. The maximum absolute atomic E-state index is 12.2. The van der Waals surface area contributed by atoms with Crippen LogP contribution in [0.4, 0.5) is 0 Å². The molecule has 0 aromatic heterocycles. The summed E-state index contributed by atoms with van der Waals surface area (Å²) in [5, 5.41) is 12.2. The van der Waals surface area contributed by atoms with Crippen molar-refractivity contribution in [3.05, 3.63) is 29.3 Å². The summed E-state index contributed by atoms with van der Waals surface area (Å²) < 4.78 is 31.0. The van der Waals surface area contributed by atoms with E-state index >= 15 is 0 Å². The van der Waals surface area contributed by atoms with E-state index < -0.39 is 28.6 Å². The number of rotatable bonds is 10. The number of sulfonamides is 1. The molecule has 0 heterocycles. The molecule has 0 bridgehead atoms. The molecule has 0 aliphatic carbocycles. The first-order valence-electron chi connectivity index (χ1n) is 7.53. The molecule has 3 N–H and O–H groups in total. The largest absolute Gasteiger partial charge is 0.469 e. The van der Waals surface area contributed by atoms with Gasteiger partial charge in [-0.05, 0) is 37.1 Å². The summed E-state index contributed by atoms with van der Waals surface area (Å²) >= 11 is 5.71. The zero-order valence-corrected chi connectivity index (χ0v) is 15.3. The van der Waals surface area contributed by atoms with Gasteiger partial charge in [-0.15, -0.1) is 0 Å². The van der Waals surface area contributed by atoms with Crippen molar-refractivity contribution >= 4 is 33.5 Å². The van der Waals surface area contributed by atoms with Gasteiger partial charge in [-0.25, -0.2) is 8.42 Å². The number of aliphatic hydroxyl groups excluding tert-OH is 1. The number of benzene rings is 1. The average Bonchev–Trinajstić information content (AvgIpc) is 2.59. The fourth-order valence-electron chi connectivity index (χ4n) is 1.87. The van der Waals surface area contributed by atoms with Gasteiger partial charge in [-0.1, -0.05) is 11.6 Å². The first kappa shape index (κ1) is 21.4. The maximum atomic E-state index is 12.2. The van der Waals surface area contributed by atoms with E-state index in [1.54, 1.807) is 0 Å².